The molecule has 0 bridgehead atoms. The van der Waals surface area contributed by atoms with Crippen LogP contribution in [0.2, 0.25) is 5.02 Å². The normalized spacial score (nSPS) is 8.82. The number of aromatic amines is 1. The van der Waals surface area contributed by atoms with E-state index in [2.05, 4.69) is 20.0 Å². The van der Waals surface area contributed by atoms with Crippen LogP contribution >= 0.6 is 11.6 Å². The number of azide groups is 1. The standard InChI is InChI=1S/C4H2ClN5O/c5-2-3(9-10-6)7-1-8-4(2)11/h1H,(H,7,8,11). The Morgan fingerprint density at radius 2 is 2.55 bits per heavy atom. The summed E-state index contributed by atoms with van der Waals surface area (Å²) in [7, 11) is 0. The molecule has 0 amide bonds. The van der Waals surface area contributed by atoms with Crippen LogP contribution in [0.5, 0.6) is 0 Å². The largest absolute Gasteiger partial charge is 0.312 e. The van der Waals surface area contributed by atoms with Crippen LogP contribution in [0.25, 0.3) is 10.4 Å². The van der Waals surface area contributed by atoms with Crippen LogP contribution in [0.3, 0.4) is 0 Å². The van der Waals surface area contributed by atoms with Gasteiger partial charge in [-0.2, -0.15) is 0 Å². The van der Waals surface area contributed by atoms with Crippen molar-refractivity contribution in [1.29, 1.82) is 0 Å². The van der Waals surface area contributed by atoms with Crippen molar-refractivity contribution >= 4 is 17.4 Å². The van der Waals surface area contributed by atoms with Gasteiger partial charge in [0.1, 0.15) is 5.02 Å². The Morgan fingerprint density at radius 3 is 3.18 bits per heavy atom. The number of H-pyrrole nitrogens is 1. The highest BCUT2D eigenvalue weighted by molar-refractivity contribution is 6.32. The zero-order valence-corrected chi connectivity index (χ0v) is 5.91. The molecule has 0 unspecified atom stereocenters. The first-order valence-corrected chi connectivity index (χ1v) is 2.92. The number of hydrogen-bond donors (Lipinski definition) is 1. The van der Waals surface area contributed by atoms with Gasteiger partial charge in [0.15, 0.2) is 5.82 Å². The molecule has 0 radical (unpaired) electrons. The minimum atomic E-state index is -0.524. The first kappa shape index (κ1) is 7.59. The predicted molar refractivity (Wildman–Crippen MR) is 38.7 cm³/mol. The summed E-state index contributed by atoms with van der Waals surface area (Å²) in [5, 5.41) is 2.88. The first-order chi connectivity index (χ1) is 5.25. The summed E-state index contributed by atoms with van der Waals surface area (Å²) in [5.41, 5.74) is 7.46. The molecule has 1 N–H and O–H groups in total. The van der Waals surface area contributed by atoms with Crippen molar-refractivity contribution in [2.24, 2.45) is 5.11 Å². The monoisotopic (exact) mass is 171 g/mol. The molecule has 7 heteroatoms. The second-order valence-electron chi connectivity index (χ2n) is 1.56. The summed E-state index contributed by atoms with van der Waals surface area (Å²) in [5.74, 6) is -0.113. The fourth-order valence-corrected chi connectivity index (χ4v) is 0.627. The van der Waals surface area contributed by atoms with E-state index in [0.717, 1.165) is 6.33 Å². The summed E-state index contributed by atoms with van der Waals surface area (Å²) in [6.07, 6.45) is 1.11. The van der Waals surface area contributed by atoms with Gasteiger partial charge < -0.3 is 4.98 Å². The summed E-state index contributed by atoms with van der Waals surface area (Å²) >= 11 is 5.40. The number of aromatic nitrogens is 2. The van der Waals surface area contributed by atoms with Gasteiger partial charge in [0, 0.05) is 4.91 Å². The van der Waals surface area contributed by atoms with Crippen LogP contribution in [0.4, 0.5) is 5.82 Å². The van der Waals surface area contributed by atoms with E-state index >= 15 is 0 Å². The SMILES string of the molecule is [N-]=[N+]=Nc1nc[nH]c(=O)c1Cl. The van der Waals surface area contributed by atoms with Crippen LogP contribution < -0.4 is 5.56 Å². The van der Waals surface area contributed by atoms with Crippen LogP contribution in [-0.4, -0.2) is 9.97 Å². The highest BCUT2D eigenvalue weighted by atomic mass is 35.5. The molecule has 1 aromatic rings. The molecule has 56 valence electrons. The molecule has 6 nitrogen and oxygen atoms in total. The summed E-state index contributed by atoms with van der Waals surface area (Å²) in [6, 6.07) is 0. The molecule has 1 rings (SSSR count). The van der Waals surface area contributed by atoms with Crippen LogP contribution in [-0.2, 0) is 0 Å². The number of hydrogen-bond acceptors (Lipinski definition) is 3. The van der Waals surface area contributed by atoms with Gasteiger partial charge in [0.2, 0.25) is 0 Å². The maximum absolute atomic E-state index is 10.7. The van der Waals surface area contributed by atoms with Crippen molar-refractivity contribution in [3.63, 3.8) is 0 Å². The average molecular weight is 172 g/mol. The van der Waals surface area contributed by atoms with Gasteiger partial charge >= 0.3 is 0 Å². The first-order valence-electron chi connectivity index (χ1n) is 2.54. The topological polar surface area (TPSA) is 94.5 Å². The van der Waals surface area contributed by atoms with Gasteiger partial charge in [-0.3, -0.25) is 4.79 Å². The molecule has 0 atom stereocenters. The molecule has 1 aromatic heterocycles. The average Bonchev–Trinajstić information content (AvgIpc) is 1.99. The lowest BCUT2D eigenvalue weighted by atomic mass is 10.6. The summed E-state index contributed by atoms with van der Waals surface area (Å²) in [4.78, 5) is 18.9. The molecule has 11 heavy (non-hydrogen) atoms. The van der Waals surface area contributed by atoms with Crippen molar-refractivity contribution in [3.05, 3.63) is 32.1 Å². The molecule has 0 aliphatic carbocycles. The third-order valence-corrected chi connectivity index (χ3v) is 1.26. The van der Waals surface area contributed by atoms with Gasteiger partial charge in [-0.05, 0) is 10.6 Å². The highest BCUT2D eigenvalue weighted by Crippen LogP contribution is 2.15. The molecule has 0 saturated heterocycles. The quantitative estimate of drug-likeness (QED) is 0.392. The number of rotatable bonds is 1. The van der Waals surface area contributed by atoms with E-state index in [0.29, 0.717) is 0 Å². The smallest absolute Gasteiger partial charge is 0.269 e. The lowest BCUT2D eigenvalue weighted by Crippen LogP contribution is -2.05. The predicted octanol–water partition coefficient (Wildman–Crippen LogP) is 1.37. The van der Waals surface area contributed by atoms with E-state index in [-0.39, 0.29) is 10.8 Å². The lowest BCUT2D eigenvalue weighted by Gasteiger charge is -1.90. The van der Waals surface area contributed by atoms with Crippen molar-refractivity contribution in [3.8, 4) is 0 Å². The number of nitrogens with one attached hydrogen (secondary N) is 1. The lowest BCUT2D eigenvalue weighted by molar-refractivity contribution is 1.10. The van der Waals surface area contributed by atoms with Gasteiger partial charge in [-0.1, -0.05) is 11.6 Å². The van der Waals surface area contributed by atoms with Crippen molar-refractivity contribution in [2.45, 2.75) is 0 Å². The van der Waals surface area contributed by atoms with Crippen molar-refractivity contribution in [1.82, 2.24) is 9.97 Å². The Hall–Kier alpha value is -1.52. The molecule has 0 aliphatic heterocycles. The van der Waals surface area contributed by atoms with Gasteiger partial charge in [0.25, 0.3) is 5.56 Å². The second-order valence-corrected chi connectivity index (χ2v) is 1.94. The van der Waals surface area contributed by atoms with E-state index in [1.807, 2.05) is 0 Å². The Morgan fingerprint density at radius 1 is 1.82 bits per heavy atom. The summed E-state index contributed by atoms with van der Waals surface area (Å²) < 4.78 is 0. The van der Waals surface area contributed by atoms with Gasteiger partial charge in [0.05, 0.1) is 6.33 Å². The van der Waals surface area contributed by atoms with E-state index < -0.39 is 5.56 Å². The van der Waals surface area contributed by atoms with E-state index in [4.69, 9.17) is 17.1 Å². The van der Waals surface area contributed by atoms with E-state index in [1.54, 1.807) is 0 Å². The zero-order chi connectivity index (χ0) is 8.27. The molecule has 0 spiro atoms. The molecule has 0 aliphatic rings. The minimum absolute atomic E-state index is 0.113. The fourth-order valence-electron chi connectivity index (χ4n) is 0.486. The third-order valence-electron chi connectivity index (χ3n) is 0.918. The summed E-state index contributed by atoms with van der Waals surface area (Å²) in [6.45, 7) is 0. The molecule has 1 heterocycles. The number of halogens is 1. The van der Waals surface area contributed by atoms with Gasteiger partial charge in [-0.25, -0.2) is 4.98 Å². The molecule has 0 aromatic carbocycles. The Bertz CT molecular complexity index is 365. The van der Waals surface area contributed by atoms with Gasteiger partial charge in [-0.15, -0.1) is 0 Å². The maximum Gasteiger partial charge on any atom is 0.269 e. The molecule has 0 saturated carbocycles. The van der Waals surface area contributed by atoms with Crippen molar-refractivity contribution in [2.75, 3.05) is 0 Å². The van der Waals surface area contributed by atoms with Crippen LogP contribution in [0.1, 0.15) is 0 Å². The van der Waals surface area contributed by atoms with Crippen molar-refractivity contribution < 1.29 is 0 Å². The maximum atomic E-state index is 10.7. The van der Waals surface area contributed by atoms with E-state index in [9.17, 15) is 4.79 Å². The highest BCUT2D eigenvalue weighted by Gasteiger charge is 2.01. The Balaban J connectivity index is 3.38. The Kier molecular flexibility index (Phi) is 2.10. The third kappa shape index (κ3) is 1.49. The number of nitrogens with zero attached hydrogens (tertiary/aromatic N) is 4. The fraction of sp³-hybridized carbons (Fsp3) is 0. The zero-order valence-electron chi connectivity index (χ0n) is 5.15. The van der Waals surface area contributed by atoms with Crippen LogP contribution in [0, 0.1) is 0 Å². The van der Waals surface area contributed by atoms with Crippen LogP contribution in [0.15, 0.2) is 16.2 Å². The molecular weight excluding hydrogens is 170 g/mol. The Labute approximate surface area is 65.5 Å². The van der Waals surface area contributed by atoms with E-state index in [1.165, 1.54) is 0 Å². The molecular formula is C4H2ClN5O. The molecule has 0 fully saturated rings. The minimum Gasteiger partial charge on any atom is -0.312 e. The second kappa shape index (κ2) is 3.05.